The van der Waals surface area contributed by atoms with E-state index >= 15 is 0 Å². The van der Waals surface area contributed by atoms with Crippen LogP contribution in [-0.4, -0.2) is 36.3 Å². The van der Waals surface area contributed by atoms with Crippen LogP contribution in [0.4, 0.5) is 5.13 Å². The van der Waals surface area contributed by atoms with Crippen molar-refractivity contribution >= 4 is 32.4 Å². The van der Waals surface area contributed by atoms with Gasteiger partial charge in [0.2, 0.25) is 5.91 Å². The maximum absolute atomic E-state index is 12.6. The zero-order valence-corrected chi connectivity index (χ0v) is 18.7. The number of nitrogens with zero attached hydrogens (tertiary/aromatic N) is 2. The first-order chi connectivity index (χ1) is 13.1. The van der Waals surface area contributed by atoms with Crippen LogP contribution in [0.1, 0.15) is 51.5 Å². The van der Waals surface area contributed by atoms with Gasteiger partial charge in [-0.3, -0.25) is 9.52 Å². The average Bonchev–Trinajstić information content (AvgIpc) is 3.01. The number of hydrogen-bond donors (Lipinski definition) is 1. The number of benzene rings is 1. The zero-order valence-electron chi connectivity index (χ0n) is 17.1. The Kier molecular flexibility index (Phi) is 7.60. The summed E-state index contributed by atoms with van der Waals surface area (Å²) in [5.74, 6) is 0.00886. The number of carbonyl (C=O) groups excluding carboxylic acids is 1. The summed E-state index contributed by atoms with van der Waals surface area (Å²) < 4.78 is 27.6. The molecule has 1 aromatic carbocycles. The number of thiazole rings is 1. The van der Waals surface area contributed by atoms with Crippen LogP contribution in [0.3, 0.4) is 0 Å². The van der Waals surface area contributed by atoms with E-state index in [-0.39, 0.29) is 34.4 Å². The minimum absolute atomic E-state index is 0.00886. The van der Waals surface area contributed by atoms with Crippen molar-refractivity contribution in [2.45, 2.75) is 70.9 Å². The smallest absolute Gasteiger partial charge is 0.263 e. The van der Waals surface area contributed by atoms with Crippen molar-refractivity contribution in [1.82, 2.24) is 9.88 Å². The van der Waals surface area contributed by atoms with Crippen LogP contribution in [0.5, 0.6) is 0 Å². The van der Waals surface area contributed by atoms with Gasteiger partial charge in [-0.2, -0.15) is 0 Å². The highest BCUT2D eigenvalue weighted by atomic mass is 32.2. The third kappa shape index (κ3) is 5.78. The summed E-state index contributed by atoms with van der Waals surface area (Å²) in [4.78, 5) is 19.4. The molecule has 0 saturated heterocycles. The summed E-state index contributed by atoms with van der Waals surface area (Å²) in [5.41, 5.74) is 1.11. The Hall–Kier alpha value is -1.93. The molecular formula is C20H29N3O3S2. The molecule has 1 amide bonds. The van der Waals surface area contributed by atoms with Crippen molar-refractivity contribution in [3.8, 4) is 0 Å². The number of anilines is 1. The molecule has 1 heterocycles. The molecular weight excluding hydrogens is 394 g/mol. The zero-order chi connectivity index (χ0) is 20.9. The van der Waals surface area contributed by atoms with Crippen LogP contribution < -0.4 is 4.72 Å². The first kappa shape index (κ1) is 22.4. The van der Waals surface area contributed by atoms with Crippen molar-refractivity contribution in [2.75, 3.05) is 4.72 Å². The number of hydrogen-bond acceptors (Lipinski definition) is 5. The highest BCUT2D eigenvalue weighted by Gasteiger charge is 2.22. The molecule has 0 radical (unpaired) electrons. The molecule has 0 aliphatic heterocycles. The van der Waals surface area contributed by atoms with Gasteiger partial charge in [0, 0.05) is 23.2 Å². The molecule has 0 fully saturated rings. The van der Waals surface area contributed by atoms with E-state index in [0.717, 1.165) is 23.3 Å². The van der Waals surface area contributed by atoms with Crippen LogP contribution in [0.25, 0.3) is 0 Å². The first-order valence-electron chi connectivity index (χ1n) is 9.51. The Balaban J connectivity index is 2.08. The fourth-order valence-corrected chi connectivity index (χ4v) is 5.19. The van der Waals surface area contributed by atoms with Gasteiger partial charge in [0.1, 0.15) is 0 Å². The summed E-state index contributed by atoms with van der Waals surface area (Å²) in [6.07, 6.45) is 3.70. The molecule has 2 rings (SSSR count). The van der Waals surface area contributed by atoms with E-state index in [1.165, 1.54) is 11.3 Å². The molecule has 6 nitrogen and oxygen atoms in total. The molecule has 154 valence electrons. The predicted molar refractivity (Wildman–Crippen MR) is 114 cm³/mol. The lowest BCUT2D eigenvalue weighted by Crippen LogP contribution is -2.42. The molecule has 0 atom stereocenters. The van der Waals surface area contributed by atoms with E-state index in [0.29, 0.717) is 0 Å². The van der Waals surface area contributed by atoms with E-state index in [2.05, 4.69) is 16.6 Å². The fourth-order valence-electron chi connectivity index (χ4n) is 3.15. The average molecular weight is 424 g/mol. The van der Waals surface area contributed by atoms with Gasteiger partial charge in [0.05, 0.1) is 11.3 Å². The fraction of sp³-hybridized carbons (Fsp3) is 0.500. The molecule has 0 aliphatic rings. The molecule has 0 aliphatic carbocycles. The van der Waals surface area contributed by atoms with Crippen LogP contribution in [0.15, 0.2) is 35.4 Å². The van der Waals surface area contributed by atoms with Gasteiger partial charge in [-0.25, -0.2) is 13.4 Å². The number of aromatic nitrogens is 1. The van der Waals surface area contributed by atoms with E-state index in [4.69, 9.17) is 0 Å². The lowest BCUT2D eigenvalue weighted by molar-refractivity contribution is -0.133. The Labute approximate surface area is 172 Å². The molecule has 0 saturated carbocycles. The van der Waals surface area contributed by atoms with Crippen LogP contribution in [-0.2, 0) is 27.7 Å². The van der Waals surface area contributed by atoms with Gasteiger partial charge in [-0.15, -0.1) is 11.3 Å². The molecule has 8 heteroatoms. The third-order valence-corrected chi connectivity index (χ3v) is 6.67. The molecule has 2 aromatic rings. The lowest BCUT2D eigenvalue weighted by Gasteiger charge is -2.30. The summed E-state index contributed by atoms with van der Waals surface area (Å²) in [5, 5.41) is 0.265. The highest BCUT2D eigenvalue weighted by molar-refractivity contribution is 7.93. The van der Waals surface area contributed by atoms with Crippen molar-refractivity contribution in [3.05, 3.63) is 40.9 Å². The summed E-state index contributed by atoms with van der Waals surface area (Å²) >= 11 is 1.19. The molecule has 1 aromatic heterocycles. The summed E-state index contributed by atoms with van der Waals surface area (Å²) in [7, 11) is -3.70. The number of nitrogens with one attached hydrogen (secondary N) is 1. The summed E-state index contributed by atoms with van der Waals surface area (Å²) in [6, 6.07) is 7.08. The van der Waals surface area contributed by atoms with Gasteiger partial charge < -0.3 is 4.90 Å². The van der Waals surface area contributed by atoms with E-state index < -0.39 is 10.0 Å². The Morgan fingerprint density at radius 3 is 2.29 bits per heavy atom. The topological polar surface area (TPSA) is 79.4 Å². The maximum Gasteiger partial charge on any atom is 0.263 e. The number of aryl methyl sites for hydroxylation is 1. The number of amides is 1. The normalized spacial score (nSPS) is 11.8. The second kappa shape index (κ2) is 9.52. The second-order valence-electron chi connectivity index (χ2n) is 7.30. The van der Waals surface area contributed by atoms with E-state index in [1.807, 2.05) is 44.7 Å². The number of sulfonamides is 1. The second-order valence-corrected chi connectivity index (χ2v) is 10.1. The number of carbonyl (C=O) groups is 1. The van der Waals surface area contributed by atoms with Gasteiger partial charge in [-0.1, -0.05) is 25.5 Å². The van der Waals surface area contributed by atoms with Crippen LogP contribution in [0, 0.1) is 0 Å². The Morgan fingerprint density at radius 2 is 1.75 bits per heavy atom. The standard InChI is InChI=1S/C20H29N3O3S2/c1-6-7-16-8-10-18(11-9-16)28(25,26)22-20-21-13-17(27-20)12-19(24)23(14(2)3)15(4)5/h8-11,13-15H,6-7,12H2,1-5H3,(H,21,22). The van der Waals surface area contributed by atoms with Gasteiger partial charge in [0.25, 0.3) is 10.0 Å². The molecule has 28 heavy (non-hydrogen) atoms. The van der Waals surface area contributed by atoms with Crippen LogP contribution >= 0.6 is 11.3 Å². The predicted octanol–water partition coefficient (Wildman–Crippen LogP) is 4.08. The minimum Gasteiger partial charge on any atom is -0.338 e. The molecule has 0 unspecified atom stereocenters. The van der Waals surface area contributed by atoms with Gasteiger partial charge >= 0.3 is 0 Å². The monoisotopic (exact) mass is 423 g/mol. The summed E-state index contributed by atoms with van der Waals surface area (Å²) in [6.45, 7) is 10.0. The van der Waals surface area contributed by atoms with Gasteiger partial charge in [0.15, 0.2) is 5.13 Å². The highest BCUT2D eigenvalue weighted by Crippen LogP contribution is 2.23. The number of rotatable bonds is 9. The SMILES string of the molecule is CCCc1ccc(S(=O)(=O)Nc2ncc(CC(=O)N(C(C)C)C(C)C)s2)cc1. The first-order valence-corrected chi connectivity index (χ1v) is 11.8. The van der Waals surface area contributed by atoms with Gasteiger partial charge in [-0.05, 0) is 51.8 Å². The largest absolute Gasteiger partial charge is 0.338 e. The molecule has 0 spiro atoms. The van der Waals surface area contributed by atoms with E-state index in [9.17, 15) is 13.2 Å². The Morgan fingerprint density at radius 1 is 1.14 bits per heavy atom. The quantitative estimate of drug-likeness (QED) is 0.659. The third-order valence-electron chi connectivity index (χ3n) is 4.27. The molecule has 0 bridgehead atoms. The van der Waals surface area contributed by atoms with Crippen molar-refractivity contribution in [3.63, 3.8) is 0 Å². The van der Waals surface area contributed by atoms with Crippen LogP contribution in [0.2, 0.25) is 0 Å². The maximum atomic E-state index is 12.6. The lowest BCUT2D eigenvalue weighted by atomic mass is 10.1. The Bertz CT molecular complexity index is 880. The van der Waals surface area contributed by atoms with Crippen molar-refractivity contribution in [1.29, 1.82) is 0 Å². The molecule has 1 N–H and O–H groups in total. The van der Waals surface area contributed by atoms with Crippen molar-refractivity contribution in [2.24, 2.45) is 0 Å². The van der Waals surface area contributed by atoms with Crippen molar-refractivity contribution < 1.29 is 13.2 Å². The minimum atomic E-state index is -3.70. The van der Waals surface area contributed by atoms with E-state index in [1.54, 1.807) is 18.3 Å².